The second kappa shape index (κ2) is 7.77. The lowest BCUT2D eigenvalue weighted by atomic mass is 10.0. The first kappa shape index (κ1) is 16.9. The molecule has 3 rings (SSSR count). The van der Waals surface area contributed by atoms with Gasteiger partial charge in [0, 0.05) is 50.0 Å². The Balaban J connectivity index is 1.47. The van der Waals surface area contributed by atoms with Crippen molar-refractivity contribution < 1.29 is 4.79 Å². The Morgan fingerprint density at radius 1 is 1.29 bits per heavy atom. The topological polar surface area (TPSA) is 48.5 Å². The van der Waals surface area contributed by atoms with Gasteiger partial charge in [-0.05, 0) is 49.6 Å². The average molecular weight is 344 g/mol. The van der Waals surface area contributed by atoms with E-state index in [0.29, 0.717) is 6.04 Å². The fourth-order valence-corrected chi connectivity index (χ4v) is 3.83. The van der Waals surface area contributed by atoms with Crippen LogP contribution in [-0.4, -0.2) is 47.0 Å². The summed E-state index contributed by atoms with van der Waals surface area (Å²) in [5.74, 6) is 0. The van der Waals surface area contributed by atoms with E-state index in [2.05, 4.69) is 27.3 Å². The standard InChI is InChI=1S/C18H24N4OS/c1-14-3-4-17(24-14)20-18(23)21(2)16-7-11-22(12-8-16)13-15-5-9-19-10-6-15/h3-6,9-10,16H,7-8,11-13H2,1-2H3,(H,20,23). The lowest BCUT2D eigenvalue weighted by molar-refractivity contribution is 0.137. The van der Waals surface area contributed by atoms with Crippen molar-refractivity contribution in [2.45, 2.75) is 32.4 Å². The number of carbonyl (C=O) groups is 1. The molecule has 1 aliphatic rings. The Hall–Kier alpha value is -1.92. The SMILES string of the molecule is Cc1ccc(NC(=O)N(C)C2CCN(Cc3ccncc3)CC2)s1. The van der Waals surface area contributed by atoms with Gasteiger partial charge in [0.1, 0.15) is 0 Å². The third-order valence-electron chi connectivity index (χ3n) is 4.55. The van der Waals surface area contributed by atoms with Gasteiger partial charge in [0.25, 0.3) is 0 Å². The number of urea groups is 1. The molecule has 0 atom stereocenters. The molecule has 0 radical (unpaired) electrons. The number of hydrogen-bond donors (Lipinski definition) is 1. The Kier molecular flexibility index (Phi) is 5.48. The van der Waals surface area contributed by atoms with Crippen molar-refractivity contribution in [1.29, 1.82) is 0 Å². The number of nitrogens with zero attached hydrogens (tertiary/aromatic N) is 3. The van der Waals surface area contributed by atoms with Crippen LogP contribution in [0.3, 0.4) is 0 Å². The fraction of sp³-hybridized carbons (Fsp3) is 0.444. The third-order valence-corrected chi connectivity index (χ3v) is 5.47. The van der Waals surface area contributed by atoms with E-state index in [1.807, 2.05) is 43.4 Å². The third kappa shape index (κ3) is 4.33. The van der Waals surface area contributed by atoms with Crippen molar-refractivity contribution in [3.63, 3.8) is 0 Å². The van der Waals surface area contributed by atoms with E-state index in [9.17, 15) is 4.79 Å². The summed E-state index contributed by atoms with van der Waals surface area (Å²) in [5.41, 5.74) is 1.29. The number of hydrogen-bond acceptors (Lipinski definition) is 4. The molecular formula is C18H24N4OS. The number of anilines is 1. The van der Waals surface area contributed by atoms with Crippen LogP contribution in [0.4, 0.5) is 9.80 Å². The summed E-state index contributed by atoms with van der Waals surface area (Å²) >= 11 is 1.61. The van der Waals surface area contributed by atoms with E-state index in [-0.39, 0.29) is 6.03 Å². The monoisotopic (exact) mass is 344 g/mol. The summed E-state index contributed by atoms with van der Waals surface area (Å²) in [7, 11) is 1.90. The van der Waals surface area contributed by atoms with Crippen molar-refractivity contribution in [3.05, 3.63) is 47.1 Å². The summed E-state index contributed by atoms with van der Waals surface area (Å²) < 4.78 is 0. The molecule has 1 aliphatic heterocycles. The average Bonchev–Trinajstić information content (AvgIpc) is 3.00. The van der Waals surface area contributed by atoms with Gasteiger partial charge in [0.2, 0.25) is 0 Å². The lowest BCUT2D eigenvalue weighted by Gasteiger charge is -2.36. The number of likely N-dealkylation sites (tertiary alicyclic amines) is 1. The number of aromatic nitrogens is 1. The second-order valence-corrected chi connectivity index (χ2v) is 7.60. The van der Waals surface area contributed by atoms with Gasteiger partial charge in [-0.1, -0.05) is 0 Å². The summed E-state index contributed by atoms with van der Waals surface area (Å²) in [6, 6.07) is 8.41. The number of piperidine rings is 1. The van der Waals surface area contributed by atoms with Crippen LogP contribution in [0.2, 0.25) is 0 Å². The van der Waals surface area contributed by atoms with Crippen molar-refractivity contribution >= 4 is 22.4 Å². The summed E-state index contributed by atoms with van der Waals surface area (Å²) in [5, 5.41) is 3.91. The van der Waals surface area contributed by atoms with Crippen molar-refractivity contribution in [1.82, 2.24) is 14.8 Å². The van der Waals surface area contributed by atoms with E-state index in [4.69, 9.17) is 0 Å². The van der Waals surface area contributed by atoms with Gasteiger partial charge in [0.05, 0.1) is 5.00 Å². The van der Waals surface area contributed by atoms with E-state index in [1.54, 1.807) is 11.3 Å². The maximum atomic E-state index is 12.4. The molecule has 2 amide bonds. The van der Waals surface area contributed by atoms with Crippen LogP contribution >= 0.6 is 11.3 Å². The molecule has 24 heavy (non-hydrogen) atoms. The highest BCUT2D eigenvalue weighted by atomic mass is 32.1. The smallest absolute Gasteiger partial charge is 0.322 e. The number of carbonyl (C=O) groups excluding carboxylic acids is 1. The Morgan fingerprint density at radius 3 is 2.62 bits per heavy atom. The molecule has 1 fully saturated rings. The highest BCUT2D eigenvalue weighted by molar-refractivity contribution is 7.16. The van der Waals surface area contributed by atoms with Gasteiger partial charge < -0.3 is 4.90 Å². The van der Waals surface area contributed by atoms with Gasteiger partial charge >= 0.3 is 6.03 Å². The molecule has 0 aliphatic carbocycles. The molecule has 2 aromatic heterocycles. The van der Waals surface area contributed by atoms with E-state index >= 15 is 0 Å². The maximum Gasteiger partial charge on any atom is 0.322 e. The molecule has 1 N–H and O–H groups in total. The number of amides is 2. The lowest BCUT2D eigenvalue weighted by Crippen LogP contribution is -2.46. The van der Waals surface area contributed by atoms with Crippen LogP contribution in [-0.2, 0) is 6.54 Å². The summed E-state index contributed by atoms with van der Waals surface area (Å²) in [6.07, 6.45) is 5.70. The van der Waals surface area contributed by atoms with Crippen LogP contribution in [0.25, 0.3) is 0 Å². The maximum absolute atomic E-state index is 12.4. The molecule has 128 valence electrons. The predicted molar refractivity (Wildman–Crippen MR) is 98.4 cm³/mol. The molecular weight excluding hydrogens is 320 g/mol. The van der Waals surface area contributed by atoms with Crippen LogP contribution in [0.5, 0.6) is 0 Å². The van der Waals surface area contributed by atoms with Crippen LogP contribution in [0, 0.1) is 6.92 Å². The van der Waals surface area contributed by atoms with Crippen molar-refractivity contribution in [3.8, 4) is 0 Å². The molecule has 2 aromatic rings. The molecule has 6 heteroatoms. The number of thiophene rings is 1. The predicted octanol–water partition coefficient (Wildman–Crippen LogP) is 3.58. The van der Waals surface area contributed by atoms with Gasteiger partial charge in [-0.3, -0.25) is 15.2 Å². The summed E-state index contributed by atoms with van der Waals surface area (Å²) in [6.45, 7) is 5.04. The Morgan fingerprint density at radius 2 is 2.00 bits per heavy atom. The van der Waals surface area contributed by atoms with Crippen molar-refractivity contribution in [2.24, 2.45) is 0 Å². The van der Waals surface area contributed by atoms with E-state index in [0.717, 1.165) is 37.5 Å². The normalized spacial score (nSPS) is 16.1. The van der Waals surface area contributed by atoms with Gasteiger partial charge in [-0.25, -0.2) is 4.79 Å². The number of aryl methyl sites for hydroxylation is 1. The first-order valence-electron chi connectivity index (χ1n) is 8.33. The zero-order valence-electron chi connectivity index (χ0n) is 14.2. The zero-order valence-corrected chi connectivity index (χ0v) is 15.1. The largest absolute Gasteiger partial charge is 0.324 e. The van der Waals surface area contributed by atoms with Crippen LogP contribution < -0.4 is 5.32 Å². The van der Waals surface area contributed by atoms with Gasteiger partial charge in [0.15, 0.2) is 0 Å². The summed E-state index contributed by atoms with van der Waals surface area (Å²) in [4.78, 5) is 22.0. The minimum atomic E-state index is -0.00978. The van der Waals surface area contributed by atoms with Crippen molar-refractivity contribution in [2.75, 3.05) is 25.5 Å². The van der Waals surface area contributed by atoms with Crippen LogP contribution in [0.1, 0.15) is 23.3 Å². The quantitative estimate of drug-likeness (QED) is 0.922. The van der Waals surface area contributed by atoms with Gasteiger partial charge in [-0.2, -0.15) is 0 Å². The molecule has 0 aromatic carbocycles. The zero-order chi connectivity index (χ0) is 16.9. The molecule has 0 unspecified atom stereocenters. The molecule has 0 saturated carbocycles. The number of nitrogens with one attached hydrogen (secondary N) is 1. The van der Waals surface area contributed by atoms with E-state index < -0.39 is 0 Å². The molecule has 1 saturated heterocycles. The first-order valence-corrected chi connectivity index (χ1v) is 9.15. The number of pyridine rings is 1. The molecule has 5 nitrogen and oxygen atoms in total. The molecule has 0 bridgehead atoms. The minimum absolute atomic E-state index is 0.00978. The minimum Gasteiger partial charge on any atom is -0.324 e. The number of rotatable bonds is 4. The Labute approximate surface area is 147 Å². The fourth-order valence-electron chi connectivity index (χ4n) is 3.07. The first-order chi connectivity index (χ1) is 11.6. The highest BCUT2D eigenvalue weighted by Crippen LogP contribution is 2.22. The van der Waals surface area contributed by atoms with Gasteiger partial charge in [-0.15, -0.1) is 11.3 Å². The molecule has 0 spiro atoms. The second-order valence-electron chi connectivity index (χ2n) is 6.31. The van der Waals surface area contributed by atoms with E-state index in [1.165, 1.54) is 10.4 Å². The molecule has 3 heterocycles. The highest BCUT2D eigenvalue weighted by Gasteiger charge is 2.25. The Bertz CT molecular complexity index is 665. The van der Waals surface area contributed by atoms with Crippen LogP contribution in [0.15, 0.2) is 36.7 Å².